The number of hydrogen-bond acceptors (Lipinski definition) is 4. The number of rotatable bonds is 0. The first kappa shape index (κ1) is 13.7. The van der Waals surface area contributed by atoms with Crippen molar-refractivity contribution in [3.8, 4) is 0 Å². The molecule has 108 valence electrons. The summed E-state index contributed by atoms with van der Waals surface area (Å²) < 4.78 is 0. The molecule has 0 spiro atoms. The fourth-order valence-electron chi connectivity index (χ4n) is 3.17. The lowest BCUT2D eigenvalue weighted by Crippen LogP contribution is -2.33. The molecule has 0 atom stereocenters. The minimum atomic E-state index is -0.732. The maximum atomic E-state index is 12.4. The third kappa shape index (κ3) is 1.71. The second-order valence-electron chi connectivity index (χ2n) is 6.35. The lowest BCUT2D eigenvalue weighted by atomic mass is 9.69. The zero-order valence-corrected chi connectivity index (χ0v) is 12.2. The Balaban J connectivity index is 2.42. The van der Waals surface area contributed by atoms with Crippen LogP contribution in [0.5, 0.6) is 0 Å². The van der Waals surface area contributed by atoms with Crippen molar-refractivity contribution in [1.82, 2.24) is 0 Å². The molecule has 4 heteroatoms. The summed E-state index contributed by atoms with van der Waals surface area (Å²) in [6, 6.07) is 3.43. The number of carbonyl (C=O) groups is 3. The number of aliphatic hydroxyl groups is 1. The van der Waals surface area contributed by atoms with Crippen LogP contribution in [-0.4, -0.2) is 22.5 Å². The Hall–Kier alpha value is -2.23. The first-order valence-corrected chi connectivity index (χ1v) is 6.95. The second-order valence-corrected chi connectivity index (χ2v) is 6.35. The highest BCUT2D eigenvalue weighted by Gasteiger charge is 2.40. The summed E-state index contributed by atoms with van der Waals surface area (Å²) in [6.45, 7) is 5.45. The molecule has 0 saturated heterocycles. The van der Waals surface area contributed by atoms with Crippen molar-refractivity contribution in [2.24, 2.45) is 0 Å². The third-order valence-corrected chi connectivity index (χ3v) is 4.57. The van der Waals surface area contributed by atoms with Gasteiger partial charge in [-0.2, -0.15) is 0 Å². The van der Waals surface area contributed by atoms with Crippen LogP contribution in [0.2, 0.25) is 0 Å². The van der Waals surface area contributed by atoms with E-state index in [4.69, 9.17) is 0 Å². The van der Waals surface area contributed by atoms with Crippen LogP contribution in [0.25, 0.3) is 5.76 Å². The molecule has 0 saturated carbocycles. The van der Waals surface area contributed by atoms with E-state index in [1.165, 1.54) is 6.92 Å². The summed E-state index contributed by atoms with van der Waals surface area (Å²) in [4.78, 5) is 36.7. The van der Waals surface area contributed by atoms with Crippen molar-refractivity contribution < 1.29 is 19.5 Å². The maximum Gasteiger partial charge on any atom is 0.234 e. The molecule has 1 aromatic rings. The largest absolute Gasteiger partial charge is 0.507 e. The van der Waals surface area contributed by atoms with Crippen molar-refractivity contribution in [3.63, 3.8) is 0 Å². The average molecular weight is 284 g/mol. The smallest absolute Gasteiger partial charge is 0.234 e. The molecular formula is C17H16O4. The van der Waals surface area contributed by atoms with Gasteiger partial charge in [0.15, 0.2) is 5.78 Å². The number of aliphatic hydroxyl groups excluding tert-OH is 1. The fraction of sp³-hybridized carbons (Fsp3) is 0.353. The number of allylic oxidation sites excluding steroid dienone is 1. The second kappa shape index (κ2) is 4.13. The van der Waals surface area contributed by atoms with Crippen molar-refractivity contribution in [2.75, 3.05) is 0 Å². The predicted octanol–water partition coefficient (Wildman–Crippen LogP) is 3.00. The SMILES string of the molecule is CC1=C(O)c2ccc3c(c2C(=O)C1=O)C(=O)CCC3(C)C. The minimum Gasteiger partial charge on any atom is -0.507 e. The Morgan fingerprint density at radius 2 is 1.71 bits per heavy atom. The molecule has 1 aromatic carbocycles. The Bertz CT molecular complexity index is 750. The highest BCUT2D eigenvalue weighted by molar-refractivity contribution is 6.53. The van der Waals surface area contributed by atoms with Crippen LogP contribution in [0.1, 0.15) is 65.5 Å². The average Bonchev–Trinajstić information content (AvgIpc) is 2.46. The lowest BCUT2D eigenvalue weighted by Gasteiger charge is -2.34. The molecule has 2 aliphatic rings. The van der Waals surface area contributed by atoms with Gasteiger partial charge in [0.25, 0.3) is 0 Å². The number of carbonyl (C=O) groups excluding carboxylic acids is 3. The Morgan fingerprint density at radius 1 is 1.05 bits per heavy atom. The summed E-state index contributed by atoms with van der Waals surface area (Å²) in [5.74, 6) is -1.75. The van der Waals surface area contributed by atoms with Gasteiger partial charge in [0.2, 0.25) is 11.6 Å². The zero-order valence-electron chi connectivity index (χ0n) is 12.2. The van der Waals surface area contributed by atoms with Crippen LogP contribution in [-0.2, 0) is 10.2 Å². The molecular weight excluding hydrogens is 268 g/mol. The molecule has 3 rings (SSSR count). The number of ketones is 3. The van der Waals surface area contributed by atoms with E-state index in [1.54, 1.807) is 12.1 Å². The topological polar surface area (TPSA) is 71.4 Å². The highest BCUT2D eigenvalue weighted by atomic mass is 16.3. The summed E-state index contributed by atoms with van der Waals surface area (Å²) >= 11 is 0. The Morgan fingerprint density at radius 3 is 2.38 bits per heavy atom. The molecule has 0 heterocycles. The van der Waals surface area contributed by atoms with E-state index >= 15 is 0 Å². The van der Waals surface area contributed by atoms with Gasteiger partial charge in [-0.3, -0.25) is 14.4 Å². The summed E-state index contributed by atoms with van der Waals surface area (Å²) in [7, 11) is 0. The third-order valence-electron chi connectivity index (χ3n) is 4.57. The predicted molar refractivity (Wildman–Crippen MR) is 77.6 cm³/mol. The molecule has 0 bridgehead atoms. The molecule has 4 nitrogen and oxygen atoms in total. The van der Waals surface area contributed by atoms with Gasteiger partial charge in [0.05, 0.1) is 0 Å². The summed E-state index contributed by atoms with van der Waals surface area (Å²) in [6.07, 6.45) is 1.06. The molecule has 0 aliphatic heterocycles. The number of benzene rings is 1. The van der Waals surface area contributed by atoms with E-state index in [-0.39, 0.29) is 28.1 Å². The first-order chi connectivity index (χ1) is 9.75. The van der Waals surface area contributed by atoms with Crippen LogP contribution in [0.3, 0.4) is 0 Å². The first-order valence-electron chi connectivity index (χ1n) is 6.95. The molecule has 0 fully saturated rings. The van der Waals surface area contributed by atoms with E-state index in [2.05, 4.69) is 0 Å². The quantitative estimate of drug-likeness (QED) is 0.743. The van der Waals surface area contributed by atoms with Crippen molar-refractivity contribution in [3.05, 3.63) is 40.0 Å². The Labute approximate surface area is 122 Å². The summed E-state index contributed by atoms with van der Waals surface area (Å²) in [5, 5.41) is 10.1. The van der Waals surface area contributed by atoms with Gasteiger partial charge in [0, 0.05) is 28.7 Å². The zero-order chi connectivity index (χ0) is 15.5. The van der Waals surface area contributed by atoms with E-state index in [0.29, 0.717) is 24.0 Å². The van der Waals surface area contributed by atoms with Gasteiger partial charge in [-0.25, -0.2) is 0 Å². The molecule has 0 amide bonds. The van der Waals surface area contributed by atoms with Crippen molar-refractivity contribution >= 4 is 23.1 Å². The minimum absolute atomic E-state index is 0.0370. The molecule has 0 unspecified atom stereocenters. The van der Waals surface area contributed by atoms with E-state index in [1.807, 2.05) is 13.8 Å². The van der Waals surface area contributed by atoms with E-state index in [0.717, 1.165) is 5.56 Å². The Kier molecular flexibility index (Phi) is 2.70. The number of Topliss-reactive ketones (excluding diaryl/α,β-unsaturated/α-hetero) is 3. The molecule has 0 aromatic heterocycles. The molecule has 0 radical (unpaired) electrons. The van der Waals surface area contributed by atoms with Crippen LogP contribution in [0.15, 0.2) is 17.7 Å². The van der Waals surface area contributed by atoms with Gasteiger partial charge in [-0.1, -0.05) is 26.0 Å². The van der Waals surface area contributed by atoms with Crippen LogP contribution >= 0.6 is 0 Å². The maximum absolute atomic E-state index is 12.4. The fourth-order valence-corrected chi connectivity index (χ4v) is 3.17. The van der Waals surface area contributed by atoms with Gasteiger partial charge < -0.3 is 5.11 Å². The molecule has 21 heavy (non-hydrogen) atoms. The van der Waals surface area contributed by atoms with Crippen molar-refractivity contribution in [1.29, 1.82) is 0 Å². The van der Waals surface area contributed by atoms with Gasteiger partial charge in [-0.15, -0.1) is 0 Å². The van der Waals surface area contributed by atoms with Crippen LogP contribution in [0, 0.1) is 0 Å². The van der Waals surface area contributed by atoms with E-state index < -0.39 is 11.6 Å². The van der Waals surface area contributed by atoms with Gasteiger partial charge >= 0.3 is 0 Å². The number of hydrogen-bond donors (Lipinski definition) is 1. The lowest BCUT2D eigenvalue weighted by molar-refractivity contribution is -0.111. The van der Waals surface area contributed by atoms with Crippen LogP contribution < -0.4 is 0 Å². The monoisotopic (exact) mass is 284 g/mol. The molecule has 1 N–H and O–H groups in total. The van der Waals surface area contributed by atoms with Crippen LogP contribution in [0.4, 0.5) is 0 Å². The molecule has 2 aliphatic carbocycles. The standard InChI is InChI=1S/C17H16O4/c1-8-14(19)9-4-5-10-13(12(9)16(21)15(8)20)11(18)6-7-17(10,2)3/h4-5,19H,6-7H2,1-3H3. The number of fused-ring (bicyclic) bond motifs is 3. The summed E-state index contributed by atoms with van der Waals surface area (Å²) in [5.41, 5.74) is 1.29. The van der Waals surface area contributed by atoms with Gasteiger partial charge in [-0.05, 0) is 24.3 Å². The normalized spacial score (nSPS) is 20.4. The van der Waals surface area contributed by atoms with Gasteiger partial charge in [0.1, 0.15) is 5.76 Å². The van der Waals surface area contributed by atoms with E-state index in [9.17, 15) is 19.5 Å². The highest BCUT2D eigenvalue weighted by Crippen LogP contribution is 2.41. The van der Waals surface area contributed by atoms with Crippen molar-refractivity contribution in [2.45, 2.75) is 39.0 Å².